The van der Waals surface area contributed by atoms with E-state index in [9.17, 15) is 8.42 Å². The summed E-state index contributed by atoms with van der Waals surface area (Å²) < 4.78 is 36.0. The maximum atomic E-state index is 11.8. The fraction of sp³-hybridized carbons (Fsp3) is 0.238. The molecule has 1 aliphatic rings. The molecule has 32 heavy (non-hydrogen) atoms. The molecule has 11 heteroatoms. The first-order valence-corrected chi connectivity index (χ1v) is 11.6. The Morgan fingerprint density at radius 1 is 0.969 bits per heavy atom. The number of rotatable bonds is 5. The third-order valence-corrected chi connectivity index (χ3v) is 7.41. The Kier molecular flexibility index (Phi) is 8.44. The SMILES string of the molecule is CNS(=O)(=O)C1(OC)C=C(N)C(OC)=CC1.Nc1ccc(-c2ccc(N)c(Cl)c2)cc1Cl. The van der Waals surface area contributed by atoms with Gasteiger partial charge >= 0.3 is 0 Å². The fourth-order valence-electron chi connectivity index (χ4n) is 2.95. The molecule has 0 spiro atoms. The average Bonchev–Trinajstić information content (AvgIpc) is 2.77. The Labute approximate surface area is 198 Å². The zero-order valence-corrected chi connectivity index (χ0v) is 20.2. The number of hydrogen-bond acceptors (Lipinski definition) is 7. The number of methoxy groups -OCH3 is 2. The van der Waals surface area contributed by atoms with Crippen LogP contribution in [0.2, 0.25) is 10.0 Å². The fourth-order valence-corrected chi connectivity index (χ4v) is 4.46. The van der Waals surface area contributed by atoms with Gasteiger partial charge < -0.3 is 26.7 Å². The summed E-state index contributed by atoms with van der Waals surface area (Å²) in [5.74, 6) is 0.457. The van der Waals surface area contributed by atoms with E-state index in [2.05, 4.69) is 4.72 Å². The van der Waals surface area contributed by atoms with Crippen LogP contribution in [-0.4, -0.2) is 34.6 Å². The first kappa shape index (κ1) is 25.8. The topological polar surface area (TPSA) is 143 Å². The van der Waals surface area contributed by atoms with Crippen molar-refractivity contribution in [2.24, 2.45) is 5.73 Å². The van der Waals surface area contributed by atoms with Gasteiger partial charge in [0.2, 0.25) is 15.0 Å². The molecule has 174 valence electrons. The van der Waals surface area contributed by atoms with E-state index in [1.165, 1.54) is 27.3 Å². The van der Waals surface area contributed by atoms with Crippen LogP contribution in [0.5, 0.6) is 0 Å². The lowest BCUT2D eigenvalue weighted by Gasteiger charge is -2.30. The van der Waals surface area contributed by atoms with Crippen LogP contribution >= 0.6 is 23.2 Å². The molecule has 0 aromatic heterocycles. The predicted molar refractivity (Wildman–Crippen MR) is 130 cm³/mol. The monoisotopic (exact) mass is 500 g/mol. The summed E-state index contributed by atoms with van der Waals surface area (Å²) in [7, 11) is 0.498. The second-order valence-electron chi connectivity index (χ2n) is 6.77. The van der Waals surface area contributed by atoms with E-state index in [4.69, 9.17) is 49.9 Å². The van der Waals surface area contributed by atoms with E-state index in [1.54, 1.807) is 30.3 Å². The van der Waals surface area contributed by atoms with Crippen LogP contribution in [0.1, 0.15) is 6.42 Å². The summed E-state index contributed by atoms with van der Waals surface area (Å²) in [6, 6.07) is 10.9. The summed E-state index contributed by atoms with van der Waals surface area (Å²) >= 11 is 11.9. The molecule has 7 N–H and O–H groups in total. The van der Waals surface area contributed by atoms with Crippen LogP contribution < -0.4 is 21.9 Å². The number of nitrogens with one attached hydrogen (secondary N) is 1. The van der Waals surface area contributed by atoms with E-state index in [1.807, 2.05) is 12.1 Å². The zero-order chi connectivity index (χ0) is 24.1. The van der Waals surface area contributed by atoms with Crippen LogP contribution in [0.25, 0.3) is 11.1 Å². The molecule has 2 aromatic carbocycles. The molecule has 0 amide bonds. The maximum Gasteiger partial charge on any atom is 0.245 e. The van der Waals surface area contributed by atoms with Crippen LogP contribution in [0.3, 0.4) is 0 Å². The lowest BCUT2D eigenvalue weighted by Crippen LogP contribution is -2.46. The van der Waals surface area contributed by atoms with Gasteiger partial charge in [-0.05, 0) is 54.6 Å². The van der Waals surface area contributed by atoms with Crippen molar-refractivity contribution in [3.63, 3.8) is 0 Å². The molecule has 0 fully saturated rings. The largest absolute Gasteiger partial charge is 0.495 e. The van der Waals surface area contributed by atoms with E-state index in [-0.39, 0.29) is 12.1 Å². The molecule has 1 atom stereocenters. The number of nitrogens with two attached hydrogens (primary N) is 3. The second kappa shape index (κ2) is 10.5. The maximum absolute atomic E-state index is 11.8. The Hall–Kier alpha value is -2.43. The second-order valence-corrected chi connectivity index (χ2v) is 9.69. The van der Waals surface area contributed by atoms with Crippen molar-refractivity contribution in [1.82, 2.24) is 4.72 Å². The van der Waals surface area contributed by atoms with Crippen molar-refractivity contribution in [3.05, 3.63) is 70.1 Å². The Morgan fingerprint density at radius 3 is 1.81 bits per heavy atom. The molecule has 0 saturated carbocycles. The highest BCUT2D eigenvalue weighted by atomic mass is 35.5. The molecule has 0 saturated heterocycles. The van der Waals surface area contributed by atoms with Crippen LogP contribution in [0.15, 0.2) is 60.0 Å². The van der Waals surface area contributed by atoms with Crippen molar-refractivity contribution < 1.29 is 17.9 Å². The third kappa shape index (κ3) is 5.48. The van der Waals surface area contributed by atoms with Gasteiger partial charge in [-0.15, -0.1) is 0 Å². The summed E-state index contributed by atoms with van der Waals surface area (Å²) in [6.07, 6.45) is 3.09. The Morgan fingerprint density at radius 2 is 1.47 bits per heavy atom. The first-order valence-electron chi connectivity index (χ1n) is 9.31. The normalized spacial score (nSPS) is 18.2. The zero-order valence-electron chi connectivity index (χ0n) is 17.9. The molecule has 0 aliphatic heterocycles. The van der Waals surface area contributed by atoms with Gasteiger partial charge in [0, 0.05) is 13.5 Å². The molecule has 8 nitrogen and oxygen atoms in total. The van der Waals surface area contributed by atoms with E-state index in [0.29, 0.717) is 27.2 Å². The lowest BCUT2D eigenvalue weighted by molar-refractivity contribution is 0.0982. The van der Waals surface area contributed by atoms with E-state index < -0.39 is 15.0 Å². The number of anilines is 2. The van der Waals surface area contributed by atoms with Gasteiger partial charge in [0.1, 0.15) is 5.76 Å². The predicted octanol–water partition coefficient (Wildman–Crippen LogP) is 3.48. The molecule has 0 radical (unpaired) electrons. The van der Waals surface area contributed by atoms with Gasteiger partial charge in [0.05, 0.1) is 34.2 Å². The number of sulfonamides is 1. The van der Waals surface area contributed by atoms with Crippen molar-refractivity contribution in [2.75, 3.05) is 32.7 Å². The lowest BCUT2D eigenvalue weighted by atomic mass is 10.1. The average molecular weight is 501 g/mol. The first-order chi connectivity index (χ1) is 15.0. The Balaban J connectivity index is 0.000000227. The number of benzene rings is 2. The van der Waals surface area contributed by atoms with E-state index in [0.717, 1.165) is 11.1 Å². The number of ether oxygens (including phenoxy) is 2. The standard InChI is InChI=1S/C12H10Cl2N2.C9H16N2O4S/c13-9-5-7(1-3-11(9)15)8-2-4-12(16)10(14)6-8;1-11-16(12,13)9(15-3)5-4-8(14-2)7(10)6-9/h1-6H,15-16H2;4,6,11H,5,10H2,1-3H3. The minimum Gasteiger partial charge on any atom is -0.495 e. The molecule has 0 bridgehead atoms. The quantitative estimate of drug-likeness (QED) is 0.460. The van der Waals surface area contributed by atoms with Crippen molar-refractivity contribution in [2.45, 2.75) is 11.4 Å². The molecule has 1 aliphatic carbocycles. The van der Waals surface area contributed by atoms with Crippen molar-refractivity contribution in [1.29, 1.82) is 0 Å². The molecular formula is C21H26Cl2N4O4S. The molecule has 2 aromatic rings. The summed E-state index contributed by atoms with van der Waals surface area (Å²) in [5, 5.41) is 1.07. The van der Waals surface area contributed by atoms with Crippen molar-refractivity contribution >= 4 is 44.6 Å². The van der Waals surface area contributed by atoms with Gasteiger partial charge in [-0.1, -0.05) is 35.3 Å². The number of nitrogen functional groups attached to an aromatic ring is 2. The van der Waals surface area contributed by atoms with Gasteiger partial charge in [0.15, 0.2) is 0 Å². The molecule has 1 unspecified atom stereocenters. The molecule has 3 rings (SSSR count). The van der Waals surface area contributed by atoms with E-state index >= 15 is 0 Å². The van der Waals surface area contributed by atoms with Crippen LogP contribution in [-0.2, 0) is 19.5 Å². The Bertz CT molecular complexity index is 1100. The summed E-state index contributed by atoms with van der Waals surface area (Å²) in [5.41, 5.74) is 20.3. The van der Waals surface area contributed by atoms with Crippen LogP contribution in [0.4, 0.5) is 11.4 Å². The van der Waals surface area contributed by atoms with Gasteiger partial charge in [0.25, 0.3) is 0 Å². The minimum atomic E-state index is -3.63. The highest BCUT2D eigenvalue weighted by molar-refractivity contribution is 7.90. The van der Waals surface area contributed by atoms with Gasteiger partial charge in [-0.3, -0.25) is 0 Å². The summed E-state index contributed by atoms with van der Waals surface area (Å²) in [4.78, 5) is -1.46. The van der Waals surface area contributed by atoms with Crippen molar-refractivity contribution in [3.8, 4) is 11.1 Å². The highest BCUT2D eigenvalue weighted by Gasteiger charge is 2.43. The molecule has 0 heterocycles. The number of halogens is 2. The van der Waals surface area contributed by atoms with Gasteiger partial charge in [-0.2, -0.15) is 0 Å². The molecular weight excluding hydrogens is 475 g/mol. The number of hydrogen-bond donors (Lipinski definition) is 4. The van der Waals surface area contributed by atoms with Crippen LogP contribution in [0, 0.1) is 0 Å². The highest BCUT2D eigenvalue weighted by Crippen LogP contribution is 2.32. The summed E-state index contributed by atoms with van der Waals surface area (Å²) in [6.45, 7) is 0. The smallest absolute Gasteiger partial charge is 0.245 e. The minimum absolute atomic E-state index is 0.149. The third-order valence-electron chi connectivity index (χ3n) is 4.86. The van der Waals surface area contributed by atoms with Gasteiger partial charge in [-0.25, -0.2) is 13.1 Å².